The van der Waals surface area contributed by atoms with Gasteiger partial charge in [-0.2, -0.15) is 0 Å². The molecule has 6 heteroatoms. The van der Waals surface area contributed by atoms with Crippen LogP contribution < -0.4 is 4.74 Å². The van der Waals surface area contributed by atoms with Gasteiger partial charge in [0.05, 0.1) is 38.3 Å². The number of methoxy groups -OCH3 is 1. The molecule has 0 radical (unpaired) electrons. The Morgan fingerprint density at radius 3 is 2.78 bits per heavy atom. The fourth-order valence-corrected chi connectivity index (χ4v) is 4.49. The van der Waals surface area contributed by atoms with E-state index < -0.39 is 17.4 Å². The van der Waals surface area contributed by atoms with Crippen molar-refractivity contribution in [2.75, 3.05) is 20.3 Å². The molecule has 2 bridgehead atoms. The van der Waals surface area contributed by atoms with Crippen LogP contribution in [0, 0.1) is 11.8 Å². The molecule has 1 aromatic rings. The third-order valence-corrected chi connectivity index (χ3v) is 5.92. The summed E-state index contributed by atoms with van der Waals surface area (Å²) in [7, 11) is 1.63. The van der Waals surface area contributed by atoms with Crippen molar-refractivity contribution in [2.24, 2.45) is 11.8 Å². The average Bonchev–Trinajstić information content (AvgIpc) is 3.34. The van der Waals surface area contributed by atoms with Crippen LogP contribution in [0.25, 0.3) is 0 Å². The van der Waals surface area contributed by atoms with E-state index >= 15 is 0 Å². The van der Waals surface area contributed by atoms with E-state index in [0.717, 1.165) is 17.7 Å². The lowest BCUT2D eigenvalue weighted by molar-refractivity contribution is -0.154. The summed E-state index contributed by atoms with van der Waals surface area (Å²) in [5, 5.41) is 0. The predicted octanol–water partition coefficient (Wildman–Crippen LogP) is 2.49. The highest BCUT2D eigenvalue weighted by atomic mass is 16.6. The summed E-state index contributed by atoms with van der Waals surface area (Å²) in [4.78, 5) is 27.7. The second-order valence-corrected chi connectivity index (χ2v) is 7.48. The Morgan fingerprint density at radius 2 is 2.11 bits per heavy atom. The van der Waals surface area contributed by atoms with E-state index in [1.54, 1.807) is 7.11 Å². The van der Waals surface area contributed by atoms with Crippen molar-refractivity contribution in [1.82, 2.24) is 4.90 Å². The molecule has 1 spiro atoms. The third-order valence-electron chi connectivity index (χ3n) is 5.92. The van der Waals surface area contributed by atoms with E-state index in [4.69, 9.17) is 14.2 Å². The quantitative estimate of drug-likeness (QED) is 0.568. The number of hydrogen-bond acceptors (Lipinski definition) is 5. The number of likely N-dealkylation sites (tertiary alicyclic amines) is 1. The van der Waals surface area contributed by atoms with Gasteiger partial charge in [-0.1, -0.05) is 31.2 Å². The number of rotatable bonds is 6. The minimum atomic E-state index is -0.710. The maximum absolute atomic E-state index is 13.3. The van der Waals surface area contributed by atoms with Crippen molar-refractivity contribution in [1.29, 1.82) is 0 Å². The van der Waals surface area contributed by atoms with E-state index in [0.29, 0.717) is 13.2 Å². The zero-order chi connectivity index (χ0) is 19.2. The third kappa shape index (κ3) is 2.74. The molecule has 5 atom stereocenters. The monoisotopic (exact) mass is 371 g/mol. The van der Waals surface area contributed by atoms with Gasteiger partial charge in [-0.25, -0.2) is 0 Å². The van der Waals surface area contributed by atoms with Crippen LogP contribution in [0.2, 0.25) is 0 Å². The van der Waals surface area contributed by atoms with Gasteiger partial charge in [0, 0.05) is 0 Å². The molecule has 1 amide bonds. The second kappa shape index (κ2) is 6.68. The molecular weight excluding hydrogens is 346 g/mol. The first kappa shape index (κ1) is 18.0. The van der Waals surface area contributed by atoms with Crippen molar-refractivity contribution in [3.05, 3.63) is 42.0 Å². The molecule has 2 saturated heterocycles. The lowest BCUT2D eigenvalue weighted by Gasteiger charge is -2.27. The van der Waals surface area contributed by atoms with Crippen LogP contribution in [0.4, 0.5) is 0 Å². The fraction of sp³-hybridized carbons (Fsp3) is 0.524. The van der Waals surface area contributed by atoms with Crippen LogP contribution in [0.5, 0.6) is 5.75 Å². The average molecular weight is 371 g/mol. The number of amides is 1. The van der Waals surface area contributed by atoms with Gasteiger partial charge in [-0.3, -0.25) is 9.59 Å². The van der Waals surface area contributed by atoms with Crippen molar-refractivity contribution >= 4 is 11.9 Å². The van der Waals surface area contributed by atoms with Gasteiger partial charge in [0.1, 0.15) is 17.3 Å². The van der Waals surface area contributed by atoms with E-state index in [2.05, 4.69) is 0 Å². The molecular formula is C21H25NO5. The molecule has 144 valence electrons. The summed E-state index contributed by atoms with van der Waals surface area (Å²) in [5.41, 5.74) is 0.308. The van der Waals surface area contributed by atoms with Crippen LogP contribution >= 0.6 is 0 Å². The van der Waals surface area contributed by atoms with Gasteiger partial charge in [0.2, 0.25) is 5.91 Å². The SMILES string of the molecule is CCCOC(=O)C1[C@H]2C=CC3(CN(C(C)c4ccc(OC)cc4)C(=O)[C@@H]13)O2. The molecule has 3 heterocycles. The molecule has 0 saturated carbocycles. The minimum absolute atomic E-state index is 0.0383. The zero-order valence-corrected chi connectivity index (χ0v) is 15.9. The minimum Gasteiger partial charge on any atom is -0.497 e. The van der Waals surface area contributed by atoms with Gasteiger partial charge in [-0.15, -0.1) is 0 Å². The first-order valence-corrected chi connectivity index (χ1v) is 9.49. The largest absolute Gasteiger partial charge is 0.497 e. The van der Waals surface area contributed by atoms with Crippen molar-refractivity contribution in [3.63, 3.8) is 0 Å². The van der Waals surface area contributed by atoms with E-state index in [1.807, 2.05) is 55.2 Å². The van der Waals surface area contributed by atoms with Gasteiger partial charge in [0.25, 0.3) is 0 Å². The number of fused-ring (bicyclic) bond motifs is 1. The Morgan fingerprint density at radius 1 is 1.37 bits per heavy atom. The first-order valence-electron chi connectivity index (χ1n) is 9.49. The van der Waals surface area contributed by atoms with Crippen LogP contribution in [0.3, 0.4) is 0 Å². The summed E-state index contributed by atoms with van der Waals surface area (Å²) < 4.78 is 16.7. The highest BCUT2D eigenvalue weighted by molar-refractivity contribution is 5.91. The van der Waals surface area contributed by atoms with Crippen molar-refractivity contribution in [3.8, 4) is 5.75 Å². The van der Waals surface area contributed by atoms with Crippen molar-refractivity contribution < 1.29 is 23.8 Å². The maximum Gasteiger partial charge on any atom is 0.312 e. The molecule has 3 unspecified atom stereocenters. The Labute approximate surface area is 159 Å². The van der Waals surface area contributed by atoms with Gasteiger partial charge < -0.3 is 19.1 Å². The summed E-state index contributed by atoms with van der Waals surface area (Å²) in [6, 6.07) is 7.58. The second-order valence-electron chi connectivity index (χ2n) is 7.48. The predicted molar refractivity (Wildman–Crippen MR) is 98.1 cm³/mol. The Kier molecular flexibility index (Phi) is 4.46. The van der Waals surface area contributed by atoms with Gasteiger partial charge in [-0.05, 0) is 31.0 Å². The van der Waals surface area contributed by atoms with E-state index in [9.17, 15) is 9.59 Å². The Hall–Kier alpha value is -2.34. The van der Waals surface area contributed by atoms with Gasteiger partial charge in [0.15, 0.2) is 0 Å². The van der Waals surface area contributed by atoms with E-state index in [1.165, 1.54) is 0 Å². The number of carbonyl (C=O) groups excluding carboxylic acids is 2. The van der Waals surface area contributed by atoms with Crippen LogP contribution in [0.15, 0.2) is 36.4 Å². The number of nitrogens with zero attached hydrogens (tertiary/aromatic N) is 1. The summed E-state index contributed by atoms with van der Waals surface area (Å²) in [5.74, 6) is -0.647. The standard InChI is InChI=1S/C21H25NO5/c1-4-11-26-20(24)17-16-9-10-21(27-16)12-22(19(23)18(17)21)13(2)14-5-7-15(25-3)8-6-14/h5-10,13,16-18H,4,11-12H2,1-3H3/t13?,16-,17?,18-,21?/m1/s1. The van der Waals surface area contributed by atoms with Crippen LogP contribution in [0.1, 0.15) is 31.9 Å². The Balaban J connectivity index is 1.57. The highest BCUT2D eigenvalue weighted by Gasteiger charge is 2.67. The lowest BCUT2D eigenvalue weighted by atomic mass is 9.77. The summed E-state index contributed by atoms with van der Waals surface area (Å²) >= 11 is 0. The molecule has 0 aliphatic carbocycles. The molecule has 3 aliphatic rings. The maximum atomic E-state index is 13.3. The molecule has 4 rings (SSSR count). The zero-order valence-electron chi connectivity index (χ0n) is 15.9. The topological polar surface area (TPSA) is 65.1 Å². The smallest absolute Gasteiger partial charge is 0.312 e. The number of benzene rings is 1. The molecule has 27 heavy (non-hydrogen) atoms. The van der Waals surface area contributed by atoms with E-state index in [-0.39, 0.29) is 24.0 Å². The molecule has 1 aromatic carbocycles. The van der Waals surface area contributed by atoms with Crippen LogP contribution in [-0.4, -0.2) is 48.7 Å². The molecule has 0 aromatic heterocycles. The normalized spacial score (nSPS) is 31.9. The number of ether oxygens (including phenoxy) is 3. The number of hydrogen-bond donors (Lipinski definition) is 0. The Bertz CT molecular complexity index is 773. The molecule has 2 fully saturated rings. The highest BCUT2D eigenvalue weighted by Crippen LogP contribution is 2.53. The lowest BCUT2D eigenvalue weighted by Crippen LogP contribution is -2.40. The van der Waals surface area contributed by atoms with Crippen molar-refractivity contribution in [2.45, 2.75) is 38.0 Å². The first-order chi connectivity index (χ1) is 13.0. The number of carbonyl (C=O) groups is 2. The molecule has 6 nitrogen and oxygen atoms in total. The summed E-state index contributed by atoms with van der Waals surface area (Å²) in [6.07, 6.45) is 4.26. The summed E-state index contributed by atoms with van der Waals surface area (Å²) in [6.45, 7) is 4.77. The fourth-order valence-electron chi connectivity index (χ4n) is 4.49. The molecule has 3 aliphatic heterocycles. The number of esters is 1. The van der Waals surface area contributed by atoms with Crippen LogP contribution in [-0.2, 0) is 19.1 Å². The molecule has 0 N–H and O–H groups in total. The van der Waals surface area contributed by atoms with Gasteiger partial charge >= 0.3 is 5.97 Å².